The molecule has 0 bridgehead atoms. The highest BCUT2D eigenvalue weighted by Crippen LogP contribution is 1.65. The molecule has 1 aliphatic rings. The molecule has 0 aliphatic carbocycles. The topological polar surface area (TPSA) is 76.1 Å². The standard InChI is InChI=1S/C4H10N2.CH4N2S/c1-2-6-4-3-5-1;2-1(3)4/h5-6H,1-4H2;(H4,2,3,4). The highest BCUT2D eigenvalue weighted by Gasteiger charge is 1.91. The number of thiocarbonyl (C=S) groups is 1. The van der Waals surface area contributed by atoms with Crippen molar-refractivity contribution in [3.8, 4) is 0 Å². The van der Waals surface area contributed by atoms with E-state index in [1.54, 1.807) is 0 Å². The zero-order valence-electron chi connectivity index (χ0n) is 5.89. The van der Waals surface area contributed by atoms with Gasteiger partial charge in [0.2, 0.25) is 0 Å². The van der Waals surface area contributed by atoms with Crippen molar-refractivity contribution in [1.82, 2.24) is 10.6 Å². The van der Waals surface area contributed by atoms with Crippen molar-refractivity contribution in [1.29, 1.82) is 0 Å². The zero-order valence-corrected chi connectivity index (χ0v) is 6.71. The summed E-state index contributed by atoms with van der Waals surface area (Å²) in [6.07, 6.45) is 0. The second-order valence-corrected chi connectivity index (χ2v) is 2.37. The Bertz CT molecular complexity index is 76.1. The normalized spacial score (nSPS) is 16.8. The molecule has 0 radical (unpaired) electrons. The molecule has 0 spiro atoms. The summed E-state index contributed by atoms with van der Waals surface area (Å²) in [5.74, 6) is 0. The molecule has 60 valence electrons. The third-order valence-electron chi connectivity index (χ3n) is 0.957. The van der Waals surface area contributed by atoms with Gasteiger partial charge in [-0.25, -0.2) is 0 Å². The van der Waals surface area contributed by atoms with Gasteiger partial charge in [-0.2, -0.15) is 0 Å². The van der Waals surface area contributed by atoms with E-state index in [1.165, 1.54) is 0 Å². The fourth-order valence-corrected chi connectivity index (χ4v) is 0.604. The highest BCUT2D eigenvalue weighted by molar-refractivity contribution is 7.80. The van der Waals surface area contributed by atoms with E-state index in [4.69, 9.17) is 0 Å². The van der Waals surface area contributed by atoms with E-state index in [9.17, 15) is 0 Å². The Morgan fingerprint density at radius 3 is 1.30 bits per heavy atom. The maximum Gasteiger partial charge on any atom is 0.160 e. The lowest BCUT2D eigenvalue weighted by molar-refractivity contribution is 0.534. The first-order valence-electron chi connectivity index (χ1n) is 3.20. The van der Waals surface area contributed by atoms with Crippen LogP contribution >= 0.6 is 12.2 Å². The first-order valence-corrected chi connectivity index (χ1v) is 3.60. The number of rotatable bonds is 0. The van der Waals surface area contributed by atoms with Gasteiger partial charge in [0.25, 0.3) is 0 Å². The summed E-state index contributed by atoms with van der Waals surface area (Å²) in [5, 5.41) is 6.44. The molecule has 1 rings (SSSR count). The quantitative estimate of drug-likeness (QED) is 0.322. The third kappa shape index (κ3) is 10.6. The molecule has 0 amide bonds. The lowest BCUT2D eigenvalue weighted by Crippen LogP contribution is -2.39. The van der Waals surface area contributed by atoms with Crippen LogP contribution in [0.2, 0.25) is 0 Å². The van der Waals surface area contributed by atoms with E-state index in [0.29, 0.717) is 0 Å². The largest absolute Gasteiger partial charge is 0.377 e. The fraction of sp³-hybridized carbons (Fsp3) is 0.800. The number of hydrogen-bond acceptors (Lipinski definition) is 3. The van der Waals surface area contributed by atoms with Gasteiger partial charge in [0.05, 0.1) is 0 Å². The van der Waals surface area contributed by atoms with Crippen LogP contribution in [0.3, 0.4) is 0 Å². The minimum atomic E-state index is 0.000000000000000222. The van der Waals surface area contributed by atoms with Gasteiger partial charge in [-0.15, -0.1) is 0 Å². The maximum atomic E-state index is 4.62. The van der Waals surface area contributed by atoms with Crippen LogP contribution in [0.4, 0.5) is 0 Å². The van der Waals surface area contributed by atoms with Gasteiger partial charge in [-0.3, -0.25) is 0 Å². The van der Waals surface area contributed by atoms with Crippen molar-refractivity contribution in [2.75, 3.05) is 26.2 Å². The Hall–Kier alpha value is -0.390. The molecule has 10 heavy (non-hydrogen) atoms. The molecule has 1 heterocycles. The van der Waals surface area contributed by atoms with Crippen LogP contribution in [0.5, 0.6) is 0 Å². The summed E-state index contributed by atoms with van der Waals surface area (Å²) in [6, 6.07) is 0. The van der Waals surface area contributed by atoms with Crippen LogP contribution in [-0.2, 0) is 0 Å². The van der Waals surface area contributed by atoms with E-state index in [-0.39, 0.29) is 5.11 Å². The van der Waals surface area contributed by atoms with Crippen molar-refractivity contribution in [3.05, 3.63) is 0 Å². The van der Waals surface area contributed by atoms with Gasteiger partial charge in [0.1, 0.15) is 0 Å². The molecule has 1 saturated heterocycles. The Kier molecular flexibility index (Phi) is 6.46. The average Bonchev–Trinajstić information content (AvgIpc) is 1.90. The number of nitrogens with two attached hydrogens (primary N) is 2. The number of hydrogen-bond donors (Lipinski definition) is 4. The smallest absolute Gasteiger partial charge is 0.160 e. The summed E-state index contributed by atoms with van der Waals surface area (Å²) in [6.45, 7) is 4.56. The van der Waals surface area contributed by atoms with E-state index in [1.807, 2.05) is 0 Å². The summed E-state index contributed by atoms with van der Waals surface area (Å²) in [7, 11) is 0. The molecule has 0 aromatic heterocycles. The van der Waals surface area contributed by atoms with E-state index in [2.05, 4.69) is 34.3 Å². The van der Waals surface area contributed by atoms with Gasteiger partial charge in [0.15, 0.2) is 5.11 Å². The monoisotopic (exact) mass is 162 g/mol. The number of nitrogens with one attached hydrogen (secondary N) is 2. The summed E-state index contributed by atoms with van der Waals surface area (Å²) in [5.41, 5.74) is 9.24. The Morgan fingerprint density at radius 1 is 1.00 bits per heavy atom. The fourth-order valence-electron chi connectivity index (χ4n) is 0.604. The number of piperazine rings is 1. The van der Waals surface area contributed by atoms with E-state index < -0.39 is 0 Å². The van der Waals surface area contributed by atoms with Crippen LogP contribution in [0.1, 0.15) is 0 Å². The summed E-state index contributed by atoms with van der Waals surface area (Å²) >= 11 is 4.09. The molecule has 0 saturated carbocycles. The molecule has 0 aromatic carbocycles. The average molecular weight is 162 g/mol. The van der Waals surface area contributed by atoms with E-state index in [0.717, 1.165) is 26.2 Å². The van der Waals surface area contributed by atoms with Crippen molar-refractivity contribution in [2.45, 2.75) is 0 Å². The van der Waals surface area contributed by atoms with Crippen LogP contribution in [-0.4, -0.2) is 31.3 Å². The first kappa shape index (κ1) is 9.61. The molecule has 1 fully saturated rings. The second kappa shape index (κ2) is 6.73. The van der Waals surface area contributed by atoms with Crippen LogP contribution in [0, 0.1) is 0 Å². The predicted molar refractivity (Wildman–Crippen MR) is 46.7 cm³/mol. The van der Waals surface area contributed by atoms with Crippen molar-refractivity contribution in [2.24, 2.45) is 11.5 Å². The molecule has 6 N–H and O–H groups in total. The van der Waals surface area contributed by atoms with Crippen molar-refractivity contribution in [3.63, 3.8) is 0 Å². The molecule has 0 unspecified atom stereocenters. The Morgan fingerprint density at radius 2 is 1.20 bits per heavy atom. The zero-order chi connectivity index (χ0) is 7.82. The lowest BCUT2D eigenvalue weighted by Gasteiger charge is -2.11. The predicted octanol–water partition coefficient (Wildman–Crippen LogP) is -1.63. The van der Waals surface area contributed by atoms with Gasteiger partial charge >= 0.3 is 0 Å². The SMILES string of the molecule is C1CNCCN1.NC(N)=S. The van der Waals surface area contributed by atoms with Gasteiger partial charge in [-0.1, -0.05) is 0 Å². The van der Waals surface area contributed by atoms with Crippen LogP contribution < -0.4 is 22.1 Å². The van der Waals surface area contributed by atoms with Gasteiger partial charge in [0, 0.05) is 26.2 Å². The Labute approximate surface area is 66.3 Å². The second-order valence-electron chi connectivity index (χ2n) is 1.90. The first-order chi connectivity index (χ1) is 4.73. The molecule has 4 nitrogen and oxygen atoms in total. The molecule has 5 heteroatoms. The Balaban J connectivity index is 0.000000180. The summed E-state index contributed by atoms with van der Waals surface area (Å²) < 4.78 is 0. The summed E-state index contributed by atoms with van der Waals surface area (Å²) in [4.78, 5) is 0. The minimum Gasteiger partial charge on any atom is -0.377 e. The highest BCUT2D eigenvalue weighted by atomic mass is 32.1. The van der Waals surface area contributed by atoms with Gasteiger partial charge in [-0.05, 0) is 12.2 Å². The molecule has 0 atom stereocenters. The molecule has 0 aromatic rings. The van der Waals surface area contributed by atoms with Crippen LogP contribution in [0.15, 0.2) is 0 Å². The van der Waals surface area contributed by atoms with Crippen molar-refractivity contribution < 1.29 is 0 Å². The van der Waals surface area contributed by atoms with E-state index >= 15 is 0 Å². The minimum absolute atomic E-state index is 0.000000000000000222. The molecule has 1 aliphatic heterocycles. The third-order valence-corrected chi connectivity index (χ3v) is 0.957. The molecular formula is C5H14N4S. The molecular weight excluding hydrogens is 148 g/mol. The van der Waals surface area contributed by atoms with Crippen LogP contribution in [0.25, 0.3) is 0 Å². The van der Waals surface area contributed by atoms with Gasteiger partial charge < -0.3 is 22.1 Å². The maximum absolute atomic E-state index is 4.62. The van der Waals surface area contributed by atoms with Crippen molar-refractivity contribution >= 4 is 17.3 Å². The lowest BCUT2D eigenvalue weighted by atomic mass is 10.4.